The number of fused-ring (bicyclic) bond motifs is 1. The number of hydrogen-bond acceptors (Lipinski definition) is 2. The van der Waals surface area contributed by atoms with Crippen LogP contribution in [0.3, 0.4) is 0 Å². The Balaban J connectivity index is 2.39. The highest BCUT2D eigenvalue weighted by Crippen LogP contribution is 2.45. The molecule has 3 nitrogen and oxygen atoms in total. The van der Waals surface area contributed by atoms with Gasteiger partial charge >= 0.3 is 12.1 Å². The van der Waals surface area contributed by atoms with E-state index in [1.54, 1.807) is 18.0 Å². The summed E-state index contributed by atoms with van der Waals surface area (Å²) < 4.78 is 39.0. The normalized spacial score (nSPS) is 18.5. The van der Waals surface area contributed by atoms with E-state index in [2.05, 4.69) is 0 Å². The van der Waals surface area contributed by atoms with Crippen molar-refractivity contribution in [3.05, 3.63) is 29.3 Å². The minimum absolute atomic E-state index is 0.121. The van der Waals surface area contributed by atoms with Crippen molar-refractivity contribution in [2.75, 3.05) is 18.5 Å². The summed E-state index contributed by atoms with van der Waals surface area (Å²) >= 11 is 0. The first-order chi connectivity index (χ1) is 8.80. The summed E-state index contributed by atoms with van der Waals surface area (Å²) in [4.78, 5) is 12.3. The van der Waals surface area contributed by atoms with Crippen LogP contribution in [0, 0.1) is 0 Å². The van der Waals surface area contributed by atoms with Crippen LogP contribution in [0.15, 0.2) is 18.2 Å². The second-order valence-corrected chi connectivity index (χ2v) is 4.75. The second-order valence-electron chi connectivity index (χ2n) is 4.75. The number of anilines is 1. The maximum absolute atomic E-state index is 13.0. The first kappa shape index (κ1) is 13.7. The van der Waals surface area contributed by atoms with Crippen molar-refractivity contribution >= 4 is 11.7 Å². The van der Waals surface area contributed by atoms with E-state index in [0.717, 1.165) is 6.07 Å². The maximum atomic E-state index is 13.0. The maximum Gasteiger partial charge on any atom is 0.416 e. The van der Waals surface area contributed by atoms with E-state index in [4.69, 9.17) is 5.11 Å². The molecule has 6 heteroatoms. The lowest BCUT2D eigenvalue weighted by Gasteiger charge is -2.16. The third-order valence-electron chi connectivity index (χ3n) is 3.41. The topological polar surface area (TPSA) is 40.5 Å². The standard InChI is InChI=1S/C13H14F3NO2/c1-17-7-8(5-6-11(18)19)12-9(13(14,15)16)3-2-4-10(12)17/h2-4,8H,5-7H2,1H3,(H,18,19). The molecular formula is C13H14F3NO2. The Morgan fingerprint density at radius 1 is 1.47 bits per heavy atom. The van der Waals surface area contributed by atoms with Crippen LogP contribution in [-0.4, -0.2) is 24.7 Å². The van der Waals surface area contributed by atoms with Crippen molar-refractivity contribution in [1.82, 2.24) is 0 Å². The fourth-order valence-corrected chi connectivity index (χ4v) is 2.62. The highest BCUT2D eigenvalue weighted by molar-refractivity contribution is 5.68. The molecule has 1 N–H and O–H groups in total. The van der Waals surface area contributed by atoms with Crippen LogP contribution in [0.25, 0.3) is 0 Å². The molecule has 1 aliphatic rings. The fourth-order valence-electron chi connectivity index (χ4n) is 2.62. The van der Waals surface area contributed by atoms with Gasteiger partial charge in [0.05, 0.1) is 5.56 Å². The van der Waals surface area contributed by atoms with Crippen molar-refractivity contribution in [2.24, 2.45) is 0 Å². The van der Waals surface area contributed by atoms with Crippen molar-refractivity contribution in [1.29, 1.82) is 0 Å². The van der Waals surface area contributed by atoms with Crippen LogP contribution in [-0.2, 0) is 11.0 Å². The molecule has 1 aromatic carbocycles. The number of carboxylic acids is 1. The second kappa shape index (κ2) is 4.75. The molecule has 0 aromatic heterocycles. The fraction of sp³-hybridized carbons (Fsp3) is 0.462. The first-order valence-electron chi connectivity index (χ1n) is 5.93. The lowest BCUT2D eigenvalue weighted by atomic mass is 9.92. The molecule has 0 aliphatic carbocycles. The Kier molecular flexibility index (Phi) is 3.43. The van der Waals surface area contributed by atoms with Crippen molar-refractivity contribution < 1.29 is 23.1 Å². The summed E-state index contributed by atoms with van der Waals surface area (Å²) in [6.45, 7) is 0.426. The molecule has 0 spiro atoms. The van der Waals surface area contributed by atoms with Gasteiger partial charge in [0.2, 0.25) is 0 Å². The van der Waals surface area contributed by atoms with Gasteiger partial charge in [0, 0.05) is 31.6 Å². The van der Waals surface area contributed by atoms with Crippen LogP contribution in [0.1, 0.15) is 29.9 Å². The Morgan fingerprint density at radius 3 is 2.74 bits per heavy atom. The third kappa shape index (κ3) is 2.67. The number of hydrogen-bond donors (Lipinski definition) is 1. The number of likely N-dealkylation sites (N-methyl/N-ethyl adjacent to an activating group) is 1. The van der Waals surface area contributed by atoms with E-state index < -0.39 is 17.7 Å². The molecule has 1 atom stereocenters. The quantitative estimate of drug-likeness (QED) is 0.920. The smallest absolute Gasteiger partial charge is 0.416 e. The van der Waals surface area contributed by atoms with E-state index in [-0.39, 0.29) is 24.3 Å². The molecule has 1 aliphatic heterocycles. The van der Waals surface area contributed by atoms with Crippen LogP contribution in [0.4, 0.5) is 18.9 Å². The van der Waals surface area contributed by atoms with Crippen LogP contribution in [0.5, 0.6) is 0 Å². The predicted octanol–water partition coefficient (Wildman–Crippen LogP) is 3.10. The van der Waals surface area contributed by atoms with Crippen molar-refractivity contribution in [3.8, 4) is 0 Å². The number of halogens is 3. The molecule has 0 bridgehead atoms. The van der Waals surface area contributed by atoms with Gasteiger partial charge < -0.3 is 10.0 Å². The van der Waals surface area contributed by atoms with Gasteiger partial charge in [-0.3, -0.25) is 4.79 Å². The number of carboxylic acid groups (broad SMARTS) is 1. The zero-order valence-electron chi connectivity index (χ0n) is 10.4. The Labute approximate surface area is 108 Å². The van der Waals surface area contributed by atoms with Gasteiger partial charge in [-0.25, -0.2) is 0 Å². The highest BCUT2D eigenvalue weighted by atomic mass is 19.4. The Bertz CT molecular complexity index is 499. The molecule has 104 valence electrons. The molecule has 1 aromatic rings. The lowest BCUT2D eigenvalue weighted by molar-refractivity contribution is -0.138. The molecule has 0 fully saturated rings. The number of alkyl halides is 3. The van der Waals surface area contributed by atoms with Crippen LogP contribution >= 0.6 is 0 Å². The average Bonchev–Trinajstić information content (AvgIpc) is 2.63. The van der Waals surface area contributed by atoms with Gasteiger partial charge in [0.1, 0.15) is 0 Å². The van der Waals surface area contributed by atoms with Gasteiger partial charge in [0.15, 0.2) is 0 Å². The number of benzene rings is 1. The Morgan fingerprint density at radius 2 is 2.16 bits per heavy atom. The van der Waals surface area contributed by atoms with E-state index in [1.165, 1.54) is 6.07 Å². The molecule has 2 rings (SSSR count). The zero-order valence-corrected chi connectivity index (χ0v) is 10.4. The number of nitrogens with zero attached hydrogens (tertiary/aromatic N) is 1. The largest absolute Gasteiger partial charge is 0.481 e. The predicted molar refractivity (Wildman–Crippen MR) is 64.3 cm³/mol. The van der Waals surface area contributed by atoms with Gasteiger partial charge in [-0.15, -0.1) is 0 Å². The number of aliphatic carboxylic acids is 1. The van der Waals surface area contributed by atoms with Crippen LogP contribution < -0.4 is 4.90 Å². The molecular weight excluding hydrogens is 259 g/mol. The van der Waals surface area contributed by atoms with Gasteiger partial charge in [0.25, 0.3) is 0 Å². The van der Waals surface area contributed by atoms with Crippen molar-refractivity contribution in [2.45, 2.75) is 24.9 Å². The minimum Gasteiger partial charge on any atom is -0.481 e. The van der Waals surface area contributed by atoms with E-state index in [0.29, 0.717) is 12.2 Å². The summed E-state index contributed by atoms with van der Waals surface area (Å²) in [5, 5.41) is 8.68. The van der Waals surface area contributed by atoms with Gasteiger partial charge in [-0.1, -0.05) is 6.07 Å². The average molecular weight is 273 g/mol. The summed E-state index contributed by atoms with van der Waals surface area (Å²) in [6.07, 6.45) is -4.30. The molecule has 1 unspecified atom stereocenters. The molecule has 0 radical (unpaired) electrons. The summed E-state index contributed by atoms with van der Waals surface area (Å²) in [7, 11) is 1.72. The number of carbonyl (C=O) groups is 1. The minimum atomic E-state index is -4.40. The van der Waals surface area contributed by atoms with Crippen LogP contribution in [0.2, 0.25) is 0 Å². The number of rotatable bonds is 3. The molecule has 0 amide bonds. The van der Waals surface area contributed by atoms with E-state index in [1.807, 2.05) is 0 Å². The van der Waals surface area contributed by atoms with Crippen molar-refractivity contribution in [3.63, 3.8) is 0 Å². The Hall–Kier alpha value is -1.72. The molecule has 0 saturated heterocycles. The molecule has 1 heterocycles. The SMILES string of the molecule is CN1CC(CCC(=O)O)c2c1cccc2C(F)(F)F. The third-order valence-corrected chi connectivity index (χ3v) is 3.41. The highest BCUT2D eigenvalue weighted by Gasteiger charge is 2.39. The monoisotopic (exact) mass is 273 g/mol. The van der Waals surface area contributed by atoms with E-state index >= 15 is 0 Å². The van der Waals surface area contributed by atoms with Gasteiger partial charge in [-0.2, -0.15) is 13.2 Å². The van der Waals surface area contributed by atoms with Gasteiger partial charge in [-0.05, 0) is 24.1 Å². The first-order valence-corrected chi connectivity index (χ1v) is 5.93. The summed E-state index contributed by atoms with van der Waals surface area (Å²) in [6, 6.07) is 4.09. The summed E-state index contributed by atoms with van der Waals surface area (Å²) in [5.74, 6) is -1.37. The lowest BCUT2D eigenvalue weighted by Crippen LogP contribution is -2.16. The molecule has 19 heavy (non-hydrogen) atoms. The summed E-state index contributed by atoms with van der Waals surface area (Å²) in [5.41, 5.74) is 0.133. The zero-order chi connectivity index (χ0) is 14.2. The van der Waals surface area contributed by atoms with E-state index in [9.17, 15) is 18.0 Å². The molecule has 0 saturated carbocycles.